The van der Waals surface area contributed by atoms with E-state index >= 15 is 0 Å². The molecule has 0 N–H and O–H groups in total. The van der Waals surface area contributed by atoms with Crippen LogP contribution in [0.1, 0.15) is 18.4 Å². The number of carbonyl (C=O) groups excluding carboxylic acids is 1. The Morgan fingerprint density at radius 2 is 1.71 bits per heavy atom. The van der Waals surface area contributed by atoms with Crippen molar-refractivity contribution in [2.45, 2.75) is 19.3 Å². The van der Waals surface area contributed by atoms with Gasteiger partial charge in [-0.2, -0.15) is 0 Å². The molecule has 0 bridgehead atoms. The van der Waals surface area contributed by atoms with E-state index in [2.05, 4.69) is 4.90 Å². The summed E-state index contributed by atoms with van der Waals surface area (Å²) in [5.74, 6) is 2.23. The highest BCUT2D eigenvalue weighted by molar-refractivity contribution is 5.76. The Morgan fingerprint density at radius 3 is 2.48 bits per heavy atom. The summed E-state index contributed by atoms with van der Waals surface area (Å²) in [6.07, 6.45) is 2.23. The number of piperazine rings is 1. The van der Waals surface area contributed by atoms with Crippen LogP contribution in [-0.4, -0.2) is 68.3 Å². The molecular formula is C24H29FN2O4. The number of hydrogen-bond donors (Lipinski definition) is 0. The zero-order chi connectivity index (χ0) is 21.5. The zero-order valence-corrected chi connectivity index (χ0v) is 17.7. The number of amides is 1. The van der Waals surface area contributed by atoms with Crippen molar-refractivity contribution in [3.63, 3.8) is 0 Å². The third kappa shape index (κ3) is 6.10. The molecule has 0 atom stereocenters. The lowest BCUT2D eigenvalue weighted by atomic mass is 10.1. The lowest BCUT2D eigenvalue weighted by molar-refractivity contribution is -0.133. The van der Waals surface area contributed by atoms with Gasteiger partial charge in [0, 0.05) is 39.1 Å². The maximum Gasteiger partial charge on any atom is 0.222 e. The number of nitrogens with zero attached hydrogens (tertiary/aromatic N) is 2. The van der Waals surface area contributed by atoms with Crippen LogP contribution >= 0.6 is 0 Å². The SMILES string of the molecule is O=C(CCCc1ccc2c(c1)OCCO2)N1CCN(CCOc2ccc(F)cc2)CC1. The van der Waals surface area contributed by atoms with Crippen LogP contribution in [0.15, 0.2) is 42.5 Å². The Balaban J connectivity index is 1.12. The van der Waals surface area contributed by atoms with Crippen molar-refractivity contribution in [1.82, 2.24) is 9.80 Å². The van der Waals surface area contributed by atoms with E-state index in [1.807, 2.05) is 23.1 Å². The van der Waals surface area contributed by atoms with Gasteiger partial charge in [0.2, 0.25) is 5.91 Å². The van der Waals surface area contributed by atoms with Gasteiger partial charge in [-0.3, -0.25) is 9.69 Å². The summed E-state index contributed by atoms with van der Waals surface area (Å²) in [6, 6.07) is 12.1. The van der Waals surface area contributed by atoms with Gasteiger partial charge >= 0.3 is 0 Å². The predicted octanol–water partition coefficient (Wildman–Crippen LogP) is 3.14. The summed E-state index contributed by atoms with van der Waals surface area (Å²) in [4.78, 5) is 16.8. The van der Waals surface area contributed by atoms with E-state index in [4.69, 9.17) is 14.2 Å². The minimum atomic E-state index is -0.264. The maximum absolute atomic E-state index is 12.9. The molecule has 2 heterocycles. The molecule has 2 aromatic carbocycles. The van der Waals surface area contributed by atoms with E-state index in [0.717, 1.165) is 57.1 Å². The molecule has 31 heavy (non-hydrogen) atoms. The molecule has 6 nitrogen and oxygen atoms in total. The molecule has 1 saturated heterocycles. The summed E-state index contributed by atoms with van der Waals surface area (Å²) >= 11 is 0. The van der Waals surface area contributed by atoms with Crippen LogP contribution in [0.3, 0.4) is 0 Å². The molecule has 7 heteroatoms. The second kappa shape index (κ2) is 10.5. The first kappa shape index (κ1) is 21.4. The molecule has 2 aliphatic rings. The van der Waals surface area contributed by atoms with E-state index in [9.17, 15) is 9.18 Å². The topological polar surface area (TPSA) is 51.2 Å². The van der Waals surface area contributed by atoms with Crippen molar-refractivity contribution in [3.8, 4) is 17.2 Å². The Labute approximate surface area is 182 Å². The third-order valence-electron chi connectivity index (χ3n) is 5.68. The van der Waals surface area contributed by atoms with Gasteiger partial charge in [-0.15, -0.1) is 0 Å². The minimum absolute atomic E-state index is 0.222. The molecular weight excluding hydrogens is 399 g/mol. The van der Waals surface area contributed by atoms with Gasteiger partial charge in [-0.25, -0.2) is 4.39 Å². The molecule has 1 amide bonds. The predicted molar refractivity (Wildman–Crippen MR) is 115 cm³/mol. The average Bonchev–Trinajstić information content (AvgIpc) is 2.81. The first-order valence-corrected chi connectivity index (χ1v) is 10.9. The summed E-state index contributed by atoms with van der Waals surface area (Å²) < 4.78 is 29.8. The van der Waals surface area contributed by atoms with E-state index < -0.39 is 0 Å². The molecule has 2 aromatic rings. The van der Waals surface area contributed by atoms with E-state index in [1.165, 1.54) is 17.7 Å². The largest absolute Gasteiger partial charge is 0.492 e. The highest BCUT2D eigenvalue weighted by Crippen LogP contribution is 2.31. The number of rotatable bonds is 8. The lowest BCUT2D eigenvalue weighted by Gasteiger charge is -2.34. The molecule has 1 fully saturated rings. The van der Waals surface area contributed by atoms with Gasteiger partial charge in [-0.1, -0.05) is 6.07 Å². The monoisotopic (exact) mass is 428 g/mol. The fourth-order valence-corrected chi connectivity index (χ4v) is 3.89. The van der Waals surface area contributed by atoms with Gasteiger partial charge in [0.05, 0.1) is 0 Å². The minimum Gasteiger partial charge on any atom is -0.492 e. The van der Waals surface area contributed by atoms with E-state index in [1.54, 1.807) is 12.1 Å². The number of carbonyl (C=O) groups is 1. The van der Waals surface area contributed by atoms with Crippen LogP contribution < -0.4 is 14.2 Å². The van der Waals surface area contributed by atoms with Crippen LogP contribution in [0, 0.1) is 5.82 Å². The highest BCUT2D eigenvalue weighted by Gasteiger charge is 2.20. The van der Waals surface area contributed by atoms with Gasteiger partial charge in [-0.05, 0) is 54.8 Å². The second-order valence-corrected chi connectivity index (χ2v) is 7.86. The van der Waals surface area contributed by atoms with Crippen LogP contribution in [0.5, 0.6) is 17.2 Å². The van der Waals surface area contributed by atoms with Crippen molar-refractivity contribution < 1.29 is 23.4 Å². The maximum atomic E-state index is 12.9. The number of fused-ring (bicyclic) bond motifs is 1. The van der Waals surface area contributed by atoms with Crippen LogP contribution in [0.2, 0.25) is 0 Å². The highest BCUT2D eigenvalue weighted by atomic mass is 19.1. The molecule has 0 aliphatic carbocycles. The number of hydrogen-bond acceptors (Lipinski definition) is 5. The summed E-state index contributed by atoms with van der Waals surface area (Å²) in [6.45, 7) is 5.72. The molecule has 0 unspecified atom stereocenters. The van der Waals surface area contributed by atoms with Crippen molar-refractivity contribution >= 4 is 5.91 Å². The molecule has 0 saturated carbocycles. The van der Waals surface area contributed by atoms with Crippen LogP contribution in [-0.2, 0) is 11.2 Å². The quantitative estimate of drug-likeness (QED) is 0.647. The van der Waals surface area contributed by atoms with Gasteiger partial charge in [0.1, 0.15) is 31.4 Å². The molecule has 0 aromatic heterocycles. The standard InChI is InChI=1S/C24H29FN2O4/c25-20-5-7-21(8-6-20)29-15-14-26-10-12-27(13-11-26)24(28)3-1-2-19-4-9-22-23(18-19)31-17-16-30-22/h4-9,18H,1-3,10-17H2. The van der Waals surface area contributed by atoms with Crippen molar-refractivity contribution in [3.05, 3.63) is 53.8 Å². The molecule has 2 aliphatic heterocycles. The normalized spacial score (nSPS) is 16.2. The van der Waals surface area contributed by atoms with Gasteiger partial charge in [0.15, 0.2) is 11.5 Å². The molecule has 166 valence electrons. The Morgan fingerprint density at radius 1 is 0.968 bits per heavy atom. The van der Waals surface area contributed by atoms with Crippen molar-refractivity contribution in [2.75, 3.05) is 52.5 Å². The number of ether oxygens (including phenoxy) is 3. The fraction of sp³-hybridized carbons (Fsp3) is 0.458. The zero-order valence-electron chi connectivity index (χ0n) is 17.7. The van der Waals surface area contributed by atoms with E-state index in [0.29, 0.717) is 32.0 Å². The van der Waals surface area contributed by atoms with Gasteiger partial charge < -0.3 is 19.1 Å². The third-order valence-corrected chi connectivity index (χ3v) is 5.68. The Bertz CT molecular complexity index is 866. The van der Waals surface area contributed by atoms with E-state index in [-0.39, 0.29) is 11.7 Å². The summed E-state index contributed by atoms with van der Waals surface area (Å²) in [7, 11) is 0. The fourth-order valence-electron chi connectivity index (χ4n) is 3.89. The number of benzene rings is 2. The first-order valence-electron chi connectivity index (χ1n) is 10.9. The van der Waals surface area contributed by atoms with Gasteiger partial charge in [0.25, 0.3) is 0 Å². The molecule has 4 rings (SSSR count). The smallest absolute Gasteiger partial charge is 0.222 e. The average molecular weight is 429 g/mol. The number of aryl methyl sites for hydroxylation is 1. The molecule has 0 spiro atoms. The Kier molecular flexibility index (Phi) is 7.25. The lowest BCUT2D eigenvalue weighted by Crippen LogP contribution is -2.49. The first-order chi connectivity index (χ1) is 15.2. The number of halogens is 1. The van der Waals surface area contributed by atoms with Crippen LogP contribution in [0.25, 0.3) is 0 Å². The van der Waals surface area contributed by atoms with Crippen LogP contribution in [0.4, 0.5) is 4.39 Å². The second-order valence-electron chi connectivity index (χ2n) is 7.86. The Hall–Kier alpha value is -2.80. The summed E-state index contributed by atoms with van der Waals surface area (Å²) in [5, 5.41) is 0. The van der Waals surface area contributed by atoms with Crippen molar-refractivity contribution in [1.29, 1.82) is 0 Å². The van der Waals surface area contributed by atoms with Crippen molar-refractivity contribution in [2.24, 2.45) is 0 Å². The molecule has 0 radical (unpaired) electrons. The summed E-state index contributed by atoms with van der Waals surface area (Å²) in [5.41, 5.74) is 1.17.